The van der Waals surface area contributed by atoms with Gasteiger partial charge in [0.25, 0.3) is 0 Å². The molecule has 0 saturated heterocycles. The van der Waals surface area contributed by atoms with E-state index in [1.165, 1.54) is 19.3 Å². The van der Waals surface area contributed by atoms with Crippen LogP contribution in [0.1, 0.15) is 19.3 Å². The SMILES string of the molecule is OC1C2CC3C1C1C4CCC1C3C24. The third kappa shape index (κ3) is 0.423. The number of aliphatic hydroxyl groups is 1. The van der Waals surface area contributed by atoms with Crippen LogP contribution in [0.2, 0.25) is 0 Å². The van der Waals surface area contributed by atoms with E-state index >= 15 is 0 Å². The molecule has 0 spiro atoms. The molecule has 9 unspecified atom stereocenters. The van der Waals surface area contributed by atoms with E-state index in [4.69, 9.17) is 0 Å². The van der Waals surface area contributed by atoms with Gasteiger partial charge < -0.3 is 5.11 Å². The van der Waals surface area contributed by atoms with Gasteiger partial charge in [-0.3, -0.25) is 0 Å². The minimum absolute atomic E-state index is 0.135. The average molecular weight is 176 g/mol. The largest absolute Gasteiger partial charge is 0.393 e. The minimum atomic E-state index is 0.135. The van der Waals surface area contributed by atoms with E-state index in [0.717, 1.165) is 47.3 Å². The second kappa shape index (κ2) is 1.60. The fourth-order valence-electron chi connectivity index (χ4n) is 6.79. The van der Waals surface area contributed by atoms with Gasteiger partial charge in [0.2, 0.25) is 0 Å². The van der Waals surface area contributed by atoms with Crippen molar-refractivity contribution in [3.05, 3.63) is 0 Å². The third-order valence-corrected chi connectivity index (χ3v) is 6.56. The van der Waals surface area contributed by atoms with Gasteiger partial charge in [-0.2, -0.15) is 0 Å². The maximum atomic E-state index is 10.2. The zero-order valence-corrected chi connectivity index (χ0v) is 7.76. The Morgan fingerprint density at radius 3 is 2.08 bits per heavy atom. The second-order valence-electron chi connectivity index (χ2n) is 6.27. The molecule has 0 aromatic heterocycles. The monoisotopic (exact) mass is 176 g/mol. The van der Waals surface area contributed by atoms with Crippen LogP contribution < -0.4 is 0 Å². The highest BCUT2D eigenvalue weighted by atomic mass is 16.3. The molecule has 5 saturated carbocycles. The van der Waals surface area contributed by atoms with Gasteiger partial charge in [0.05, 0.1) is 6.10 Å². The number of rotatable bonds is 0. The maximum absolute atomic E-state index is 10.2. The van der Waals surface area contributed by atoms with Gasteiger partial charge in [0.1, 0.15) is 0 Å². The van der Waals surface area contributed by atoms with Crippen molar-refractivity contribution < 1.29 is 5.11 Å². The normalized spacial score (nSPS) is 80.5. The van der Waals surface area contributed by atoms with Crippen molar-refractivity contribution in [3.8, 4) is 0 Å². The predicted octanol–water partition coefficient (Wildman–Crippen LogP) is 1.52. The van der Waals surface area contributed by atoms with E-state index in [-0.39, 0.29) is 6.10 Å². The molecule has 5 aliphatic carbocycles. The van der Waals surface area contributed by atoms with Crippen molar-refractivity contribution in [2.75, 3.05) is 0 Å². The van der Waals surface area contributed by atoms with Crippen LogP contribution in [0.15, 0.2) is 0 Å². The Morgan fingerprint density at radius 1 is 0.692 bits per heavy atom. The molecule has 0 aromatic rings. The summed E-state index contributed by atoms with van der Waals surface area (Å²) < 4.78 is 0. The molecule has 70 valence electrons. The average Bonchev–Trinajstić information content (AvgIpc) is 2.77. The Labute approximate surface area is 78.5 Å². The van der Waals surface area contributed by atoms with Crippen LogP contribution >= 0.6 is 0 Å². The lowest BCUT2D eigenvalue weighted by molar-refractivity contribution is -0.0519. The van der Waals surface area contributed by atoms with Crippen LogP contribution in [-0.4, -0.2) is 11.2 Å². The van der Waals surface area contributed by atoms with Gasteiger partial charge in [0, 0.05) is 0 Å². The van der Waals surface area contributed by atoms with Crippen LogP contribution in [0.5, 0.6) is 0 Å². The van der Waals surface area contributed by atoms with Crippen LogP contribution in [0.4, 0.5) is 0 Å². The van der Waals surface area contributed by atoms with Gasteiger partial charge >= 0.3 is 0 Å². The number of hydrogen-bond donors (Lipinski definition) is 1. The molecule has 0 aliphatic heterocycles. The van der Waals surface area contributed by atoms with E-state index in [2.05, 4.69) is 0 Å². The summed E-state index contributed by atoms with van der Waals surface area (Å²) >= 11 is 0. The smallest absolute Gasteiger partial charge is 0.0605 e. The molecule has 5 aliphatic rings. The summed E-state index contributed by atoms with van der Waals surface area (Å²) in [6, 6.07) is 0. The molecule has 5 rings (SSSR count). The Morgan fingerprint density at radius 2 is 1.31 bits per heavy atom. The first-order chi connectivity index (χ1) is 6.38. The van der Waals surface area contributed by atoms with E-state index in [1.807, 2.05) is 0 Å². The molecule has 0 amide bonds. The van der Waals surface area contributed by atoms with Crippen LogP contribution in [0.25, 0.3) is 0 Å². The number of fused-ring (bicyclic) bond motifs is 3. The summed E-state index contributed by atoms with van der Waals surface area (Å²) in [6.07, 6.45) is 4.58. The Balaban J connectivity index is 1.80. The van der Waals surface area contributed by atoms with Crippen molar-refractivity contribution in [2.24, 2.45) is 47.3 Å². The van der Waals surface area contributed by atoms with Crippen molar-refractivity contribution in [2.45, 2.75) is 25.4 Å². The van der Waals surface area contributed by atoms with E-state index in [0.29, 0.717) is 0 Å². The first-order valence-corrected chi connectivity index (χ1v) is 6.06. The lowest BCUT2D eigenvalue weighted by Gasteiger charge is -2.44. The highest BCUT2D eigenvalue weighted by Gasteiger charge is 2.77. The maximum Gasteiger partial charge on any atom is 0.0605 e. The molecule has 9 atom stereocenters. The van der Waals surface area contributed by atoms with Crippen molar-refractivity contribution in [1.82, 2.24) is 0 Å². The molecule has 5 fully saturated rings. The summed E-state index contributed by atoms with van der Waals surface area (Å²) in [5.74, 6) is 7.75. The van der Waals surface area contributed by atoms with Gasteiger partial charge in [0.15, 0.2) is 0 Å². The van der Waals surface area contributed by atoms with Gasteiger partial charge in [-0.05, 0) is 66.6 Å². The Kier molecular flexibility index (Phi) is 0.793. The zero-order valence-electron chi connectivity index (χ0n) is 7.76. The summed E-state index contributed by atoms with van der Waals surface area (Å²) in [7, 11) is 0. The first-order valence-electron chi connectivity index (χ1n) is 6.06. The lowest BCUT2D eigenvalue weighted by atomic mass is 9.62. The molecular formula is C12H16O. The molecule has 0 heterocycles. The summed E-state index contributed by atoms with van der Waals surface area (Å²) in [6.45, 7) is 0. The molecule has 6 bridgehead atoms. The molecule has 1 heteroatoms. The molecule has 13 heavy (non-hydrogen) atoms. The molecular weight excluding hydrogens is 160 g/mol. The Hall–Kier alpha value is -0.0400. The highest BCUT2D eigenvalue weighted by Crippen LogP contribution is 2.80. The number of aliphatic hydroxyl groups excluding tert-OH is 1. The van der Waals surface area contributed by atoms with Gasteiger partial charge in [-0.25, -0.2) is 0 Å². The molecule has 0 aromatic carbocycles. The molecule has 0 radical (unpaired) electrons. The highest BCUT2D eigenvalue weighted by molar-refractivity contribution is 5.25. The number of hydrogen-bond acceptors (Lipinski definition) is 1. The van der Waals surface area contributed by atoms with Crippen LogP contribution in [0.3, 0.4) is 0 Å². The molecule has 1 nitrogen and oxygen atoms in total. The van der Waals surface area contributed by atoms with Crippen molar-refractivity contribution in [3.63, 3.8) is 0 Å². The Bertz CT molecular complexity index is 278. The van der Waals surface area contributed by atoms with Gasteiger partial charge in [-0.1, -0.05) is 0 Å². The van der Waals surface area contributed by atoms with E-state index in [9.17, 15) is 5.11 Å². The quantitative estimate of drug-likeness (QED) is 0.593. The van der Waals surface area contributed by atoms with Crippen LogP contribution in [-0.2, 0) is 0 Å². The summed E-state index contributed by atoms with van der Waals surface area (Å²) in [5.41, 5.74) is 0. The van der Waals surface area contributed by atoms with Crippen LogP contribution in [0, 0.1) is 47.3 Å². The molecule has 1 N–H and O–H groups in total. The topological polar surface area (TPSA) is 20.2 Å². The first kappa shape index (κ1) is 6.44. The van der Waals surface area contributed by atoms with Gasteiger partial charge in [-0.15, -0.1) is 0 Å². The summed E-state index contributed by atoms with van der Waals surface area (Å²) in [5, 5.41) is 10.2. The lowest BCUT2D eigenvalue weighted by Crippen LogP contribution is -2.45. The second-order valence-corrected chi connectivity index (χ2v) is 6.27. The van der Waals surface area contributed by atoms with Crippen molar-refractivity contribution in [1.29, 1.82) is 0 Å². The summed E-state index contributed by atoms with van der Waals surface area (Å²) in [4.78, 5) is 0. The van der Waals surface area contributed by atoms with Crippen molar-refractivity contribution >= 4 is 0 Å². The zero-order chi connectivity index (χ0) is 8.32. The standard InChI is InChI=1S/C12H16O/c13-12-7-3-6-9-4-1-2-5(10(7)9)8(4)11(6)12/h4-13H,1-3H2. The fraction of sp³-hybridized carbons (Fsp3) is 1.00. The van der Waals surface area contributed by atoms with E-state index in [1.54, 1.807) is 0 Å². The van der Waals surface area contributed by atoms with E-state index < -0.39 is 0 Å². The minimum Gasteiger partial charge on any atom is -0.393 e. The predicted molar refractivity (Wildman–Crippen MR) is 47.8 cm³/mol. The fourth-order valence-corrected chi connectivity index (χ4v) is 6.79. The third-order valence-electron chi connectivity index (χ3n) is 6.56.